The fraction of sp³-hybridized carbons (Fsp3) is 0.367. The van der Waals surface area contributed by atoms with Crippen molar-refractivity contribution in [1.29, 1.82) is 0 Å². The highest BCUT2D eigenvalue weighted by Gasteiger charge is 2.70. The number of thioether (sulfide) groups is 1. The predicted molar refractivity (Wildman–Crippen MR) is 153 cm³/mol. The second-order valence-electron chi connectivity index (χ2n) is 10.9. The van der Waals surface area contributed by atoms with E-state index in [0.717, 1.165) is 16.6 Å². The van der Waals surface area contributed by atoms with Gasteiger partial charge in [-0.1, -0.05) is 72.0 Å². The van der Waals surface area contributed by atoms with Crippen LogP contribution in [0.15, 0.2) is 78.9 Å². The molecular weight excluding hydrogens is 540 g/mol. The van der Waals surface area contributed by atoms with Gasteiger partial charge >= 0.3 is 0 Å². The van der Waals surface area contributed by atoms with E-state index in [1.807, 2.05) is 78.9 Å². The van der Waals surface area contributed by atoms with Gasteiger partial charge in [0.2, 0.25) is 17.7 Å². The molecule has 2 aromatic carbocycles. The molecular formula is C30H30N6O4S. The summed E-state index contributed by atoms with van der Waals surface area (Å²) in [6.07, 6.45) is 7.96. The molecule has 1 aromatic heterocycles. The van der Waals surface area contributed by atoms with Crippen LogP contribution in [0.2, 0.25) is 0 Å². The summed E-state index contributed by atoms with van der Waals surface area (Å²) in [4.78, 5) is 47.6. The van der Waals surface area contributed by atoms with Gasteiger partial charge in [0.1, 0.15) is 18.2 Å². The number of carbonyl (C=O) groups is 3. The fourth-order valence-electron chi connectivity index (χ4n) is 6.84. The van der Waals surface area contributed by atoms with E-state index >= 15 is 0 Å². The van der Waals surface area contributed by atoms with Crippen LogP contribution >= 0.6 is 11.8 Å². The van der Waals surface area contributed by atoms with Gasteiger partial charge in [-0.2, -0.15) is 0 Å². The molecule has 1 unspecified atom stereocenters. The third kappa shape index (κ3) is 4.09. The maximum Gasteiger partial charge on any atom is 0.248 e. The number of fused-ring (bicyclic) bond motifs is 3. The normalized spacial score (nSPS) is 29.1. The number of likely N-dealkylation sites (tertiary alicyclic amines) is 1. The van der Waals surface area contributed by atoms with Crippen LogP contribution in [-0.4, -0.2) is 94.8 Å². The molecule has 0 radical (unpaired) electrons. The number of hydrogen-bond donors (Lipinski definition) is 1. The highest BCUT2D eigenvalue weighted by Crippen LogP contribution is 2.61. The van der Waals surface area contributed by atoms with E-state index < -0.39 is 22.6 Å². The minimum absolute atomic E-state index is 0.0249. The lowest BCUT2D eigenvalue weighted by Crippen LogP contribution is -2.53. The number of para-hydroxylation sites is 1. The molecule has 0 bridgehead atoms. The standard InChI is InChI=1S/C30H30N6O4S/c37-17-16-35-26-29(40)34(19-36-22-11-5-4-10-21(22)31-32-36)15-7-13-30(26)25(28(35)39)24-23(41-30)12-6-14-33(27(24)38)18-20-8-2-1-3-9-20/h1-13,23-26,37H,14-19H2/t23-,24+,25+,26?,30+/m1/s1. The molecule has 41 heavy (non-hydrogen) atoms. The number of β-amino-alcohol motifs (C(OH)–C–C–N with tert-alkyl or cyclic N) is 1. The number of rotatable bonds is 6. The Morgan fingerprint density at radius 2 is 1.71 bits per heavy atom. The molecule has 3 amide bonds. The summed E-state index contributed by atoms with van der Waals surface area (Å²) in [5.41, 5.74) is 2.56. The number of benzene rings is 2. The number of carbonyl (C=O) groups excluding carboxylic acids is 3. The lowest BCUT2D eigenvalue weighted by molar-refractivity contribution is -0.145. The summed E-state index contributed by atoms with van der Waals surface area (Å²) in [7, 11) is 0. The van der Waals surface area contributed by atoms with Gasteiger partial charge in [-0.25, -0.2) is 4.68 Å². The molecule has 4 aliphatic rings. The second-order valence-corrected chi connectivity index (χ2v) is 12.4. The van der Waals surface area contributed by atoms with Crippen molar-refractivity contribution in [3.63, 3.8) is 0 Å². The van der Waals surface area contributed by atoms with Crippen LogP contribution in [-0.2, 0) is 27.6 Å². The number of aliphatic hydroxyl groups is 1. The number of amides is 3. The van der Waals surface area contributed by atoms with Crippen molar-refractivity contribution in [2.24, 2.45) is 11.8 Å². The highest BCUT2D eigenvalue weighted by atomic mass is 32.2. The Morgan fingerprint density at radius 3 is 2.54 bits per heavy atom. The minimum Gasteiger partial charge on any atom is -0.395 e. The van der Waals surface area contributed by atoms with Crippen LogP contribution in [0.25, 0.3) is 11.0 Å². The van der Waals surface area contributed by atoms with Crippen LogP contribution in [0.5, 0.6) is 0 Å². The van der Waals surface area contributed by atoms with Gasteiger partial charge in [-0.3, -0.25) is 14.4 Å². The first kappa shape index (κ1) is 26.0. The molecule has 1 N–H and O–H groups in total. The zero-order chi connectivity index (χ0) is 28.1. The maximum atomic E-state index is 14.3. The Bertz CT molecular complexity index is 1570. The van der Waals surface area contributed by atoms with E-state index in [1.54, 1.807) is 14.5 Å². The van der Waals surface area contributed by atoms with Crippen molar-refractivity contribution in [3.8, 4) is 0 Å². The molecule has 3 aromatic rings. The highest BCUT2D eigenvalue weighted by molar-refractivity contribution is 8.02. The van der Waals surface area contributed by atoms with E-state index in [1.165, 1.54) is 16.7 Å². The largest absolute Gasteiger partial charge is 0.395 e. The van der Waals surface area contributed by atoms with Gasteiger partial charge in [-0.05, 0) is 17.7 Å². The molecule has 5 atom stereocenters. The molecule has 210 valence electrons. The first-order valence-corrected chi connectivity index (χ1v) is 14.7. The summed E-state index contributed by atoms with van der Waals surface area (Å²) in [6, 6.07) is 16.5. The minimum atomic E-state index is -0.923. The van der Waals surface area contributed by atoms with E-state index in [4.69, 9.17) is 0 Å². The molecule has 7 rings (SSSR count). The molecule has 2 saturated heterocycles. The average Bonchev–Trinajstić information content (AvgIpc) is 3.54. The number of hydrogen-bond acceptors (Lipinski definition) is 7. The first-order valence-electron chi connectivity index (χ1n) is 13.8. The lowest BCUT2D eigenvalue weighted by atomic mass is 9.78. The molecule has 11 heteroatoms. The lowest BCUT2D eigenvalue weighted by Gasteiger charge is -2.35. The van der Waals surface area contributed by atoms with Gasteiger partial charge in [-0.15, -0.1) is 16.9 Å². The van der Waals surface area contributed by atoms with Crippen LogP contribution in [0.1, 0.15) is 5.56 Å². The van der Waals surface area contributed by atoms with Gasteiger partial charge < -0.3 is 19.8 Å². The quantitative estimate of drug-likeness (QED) is 0.449. The van der Waals surface area contributed by atoms with Crippen molar-refractivity contribution in [3.05, 3.63) is 84.5 Å². The van der Waals surface area contributed by atoms with Gasteiger partial charge in [0.05, 0.1) is 28.7 Å². The molecule has 2 fully saturated rings. The van der Waals surface area contributed by atoms with Crippen molar-refractivity contribution >= 4 is 40.5 Å². The van der Waals surface area contributed by atoms with E-state index in [-0.39, 0.29) is 42.8 Å². The fourth-order valence-corrected chi connectivity index (χ4v) is 8.85. The molecule has 0 saturated carbocycles. The van der Waals surface area contributed by atoms with Crippen LogP contribution in [0, 0.1) is 11.8 Å². The van der Waals surface area contributed by atoms with Gasteiger partial charge in [0.25, 0.3) is 0 Å². The number of aliphatic hydroxyl groups excluding tert-OH is 1. The van der Waals surface area contributed by atoms with E-state index in [0.29, 0.717) is 19.6 Å². The van der Waals surface area contributed by atoms with Crippen LogP contribution < -0.4 is 0 Å². The third-order valence-corrected chi connectivity index (χ3v) is 10.4. The first-order chi connectivity index (χ1) is 20.0. The Kier molecular flexibility index (Phi) is 6.43. The van der Waals surface area contributed by atoms with Crippen molar-refractivity contribution in [2.45, 2.75) is 29.3 Å². The molecule has 10 nitrogen and oxygen atoms in total. The maximum absolute atomic E-state index is 14.3. The smallest absolute Gasteiger partial charge is 0.248 e. The monoisotopic (exact) mass is 570 g/mol. The molecule has 5 heterocycles. The van der Waals surface area contributed by atoms with Crippen molar-refractivity contribution in [2.75, 3.05) is 26.2 Å². The van der Waals surface area contributed by atoms with Crippen LogP contribution in [0.4, 0.5) is 0 Å². The zero-order valence-corrected chi connectivity index (χ0v) is 23.1. The van der Waals surface area contributed by atoms with Gasteiger partial charge in [0.15, 0.2) is 0 Å². The van der Waals surface area contributed by atoms with E-state index in [9.17, 15) is 19.5 Å². The Labute approximate surface area is 241 Å². The van der Waals surface area contributed by atoms with E-state index in [2.05, 4.69) is 10.3 Å². The average molecular weight is 571 g/mol. The van der Waals surface area contributed by atoms with Crippen molar-refractivity contribution in [1.82, 2.24) is 29.7 Å². The number of nitrogens with zero attached hydrogens (tertiary/aromatic N) is 6. The topological polar surface area (TPSA) is 112 Å². The molecule has 0 aliphatic carbocycles. The Balaban J connectivity index is 1.24. The third-order valence-electron chi connectivity index (χ3n) is 8.61. The SMILES string of the molecule is O=C1C2N(CCO)C(=O)[C@@H]3[C@H]4C(=O)N(Cc5ccccc5)CC=C[C@H]4S[C@]23C=CCN1Cn1nnc2ccccc21. The van der Waals surface area contributed by atoms with Gasteiger partial charge in [0, 0.05) is 31.4 Å². The Morgan fingerprint density at radius 1 is 0.927 bits per heavy atom. The van der Waals surface area contributed by atoms with Crippen molar-refractivity contribution < 1.29 is 19.5 Å². The summed E-state index contributed by atoms with van der Waals surface area (Å²) in [6.45, 7) is 1.17. The predicted octanol–water partition coefficient (Wildman–Crippen LogP) is 1.68. The zero-order valence-electron chi connectivity index (χ0n) is 22.3. The summed E-state index contributed by atoms with van der Waals surface area (Å²) in [5.74, 6) is -1.87. The second kappa shape index (κ2) is 10.1. The summed E-state index contributed by atoms with van der Waals surface area (Å²) in [5, 5.41) is 18.2. The van der Waals surface area contributed by atoms with Crippen LogP contribution in [0.3, 0.4) is 0 Å². The molecule has 1 spiro atoms. The Hall–Kier alpha value is -3.96. The number of aromatic nitrogens is 3. The molecule has 4 aliphatic heterocycles. The summed E-state index contributed by atoms with van der Waals surface area (Å²) < 4.78 is 0.761. The summed E-state index contributed by atoms with van der Waals surface area (Å²) >= 11 is 1.54.